The Labute approximate surface area is 102 Å². The largest absolute Gasteiger partial charge is 0.418 e. The highest BCUT2D eigenvalue weighted by Gasteiger charge is 2.33. The van der Waals surface area contributed by atoms with E-state index in [2.05, 4.69) is 9.97 Å². The number of nitrogens with two attached hydrogens (primary N) is 1. The lowest BCUT2D eigenvalue weighted by atomic mass is 10.1. The Balaban J connectivity index is 2.52. The average Bonchev–Trinajstić information content (AvgIpc) is 2.34. The van der Waals surface area contributed by atoms with Crippen LogP contribution >= 0.6 is 0 Å². The zero-order valence-electron chi connectivity index (χ0n) is 9.54. The summed E-state index contributed by atoms with van der Waals surface area (Å²) in [4.78, 5) is 8.03. The average molecular weight is 255 g/mol. The van der Waals surface area contributed by atoms with Gasteiger partial charge in [0, 0.05) is 18.0 Å². The Hall–Kier alpha value is -1.69. The van der Waals surface area contributed by atoms with Crippen molar-refractivity contribution in [3.8, 4) is 0 Å². The standard InChI is InChI=1S/C12H12F3N3/c13-12(14,15)9-4-1-3-8-7-17-10(5-2-6-16)18-11(8)9/h1,3-4,7H,2,5-6,16H2. The van der Waals surface area contributed by atoms with E-state index in [9.17, 15) is 13.2 Å². The molecule has 2 aromatic rings. The van der Waals surface area contributed by atoms with Crippen LogP contribution in [0.1, 0.15) is 17.8 Å². The van der Waals surface area contributed by atoms with Crippen LogP contribution in [-0.2, 0) is 12.6 Å². The molecule has 0 spiro atoms. The van der Waals surface area contributed by atoms with E-state index in [1.54, 1.807) is 6.07 Å². The molecule has 0 bridgehead atoms. The highest BCUT2D eigenvalue weighted by Crippen LogP contribution is 2.33. The van der Waals surface area contributed by atoms with Crippen LogP contribution < -0.4 is 5.73 Å². The third-order valence-electron chi connectivity index (χ3n) is 2.57. The molecule has 0 aliphatic rings. The van der Waals surface area contributed by atoms with Gasteiger partial charge in [-0.2, -0.15) is 13.2 Å². The fraction of sp³-hybridized carbons (Fsp3) is 0.333. The quantitative estimate of drug-likeness (QED) is 0.916. The molecule has 0 radical (unpaired) electrons. The van der Waals surface area contributed by atoms with Gasteiger partial charge < -0.3 is 5.73 Å². The van der Waals surface area contributed by atoms with Crippen LogP contribution in [-0.4, -0.2) is 16.5 Å². The molecule has 1 aromatic heterocycles. The third-order valence-corrected chi connectivity index (χ3v) is 2.57. The summed E-state index contributed by atoms with van der Waals surface area (Å²) in [6.45, 7) is 0.461. The number of nitrogens with zero attached hydrogens (tertiary/aromatic N) is 2. The first-order valence-electron chi connectivity index (χ1n) is 5.54. The van der Waals surface area contributed by atoms with E-state index in [0.29, 0.717) is 30.6 Å². The molecule has 2 N–H and O–H groups in total. The second-order valence-corrected chi connectivity index (χ2v) is 3.92. The molecule has 0 saturated carbocycles. The summed E-state index contributed by atoms with van der Waals surface area (Å²) in [6.07, 6.45) is -1.85. The number of benzene rings is 1. The fourth-order valence-electron chi connectivity index (χ4n) is 1.70. The van der Waals surface area contributed by atoms with Gasteiger partial charge >= 0.3 is 6.18 Å². The summed E-state index contributed by atoms with van der Waals surface area (Å²) in [5.41, 5.74) is 4.58. The third kappa shape index (κ3) is 2.59. The van der Waals surface area contributed by atoms with E-state index in [4.69, 9.17) is 5.73 Å². The molecule has 0 fully saturated rings. The number of hydrogen-bond acceptors (Lipinski definition) is 3. The van der Waals surface area contributed by atoms with E-state index < -0.39 is 11.7 Å². The van der Waals surface area contributed by atoms with Gasteiger partial charge in [0.15, 0.2) is 0 Å². The topological polar surface area (TPSA) is 51.8 Å². The summed E-state index contributed by atoms with van der Waals surface area (Å²) < 4.78 is 38.5. The molecule has 0 unspecified atom stereocenters. The fourth-order valence-corrected chi connectivity index (χ4v) is 1.70. The van der Waals surface area contributed by atoms with Gasteiger partial charge in [-0.15, -0.1) is 0 Å². The zero-order valence-corrected chi connectivity index (χ0v) is 9.54. The first-order valence-corrected chi connectivity index (χ1v) is 5.54. The van der Waals surface area contributed by atoms with Crippen molar-refractivity contribution in [2.24, 2.45) is 5.73 Å². The van der Waals surface area contributed by atoms with Crippen molar-refractivity contribution in [1.29, 1.82) is 0 Å². The molecule has 0 amide bonds. The molecule has 0 aliphatic heterocycles. The first-order chi connectivity index (χ1) is 8.52. The molecule has 1 heterocycles. The smallest absolute Gasteiger partial charge is 0.330 e. The van der Waals surface area contributed by atoms with Gasteiger partial charge in [-0.3, -0.25) is 0 Å². The molecule has 6 heteroatoms. The lowest BCUT2D eigenvalue weighted by Crippen LogP contribution is -2.08. The van der Waals surface area contributed by atoms with Gasteiger partial charge in [-0.05, 0) is 19.0 Å². The van der Waals surface area contributed by atoms with Crippen molar-refractivity contribution in [3.63, 3.8) is 0 Å². The van der Waals surface area contributed by atoms with Crippen LogP contribution in [0.5, 0.6) is 0 Å². The minimum absolute atomic E-state index is 0.0491. The zero-order chi connectivity index (χ0) is 13.2. The van der Waals surface area contributed by atoms with Gasteiger partial charge in [-0.1, -0.05) is 12.1 Å². The summed E-state index contributed by atoms with van der Waals surface area (Å²) >= 11 is 0. The number of aromatic nitrogens is 2. The Bertz CT molecular complexity index is 552. The maximum Gasteiger partial charge on any atom is 0.418 e. The summed E-state index contributed by atoms with van der Waals surface area (Å²) in [5.74, 6) is 0.393. The van der Waals surface area contributed by atoms with Crippen molar-refractivity contribution >= 4 is 10.9 Å². The van der Waals surface area contributed by atoms with Crippen LogP contribution in [0.25, 0.3) is 10.9 Å². The van der Waals surface area contributed by atoms with Crippen molar-refractivity contribution in [3.05, 3.63) is 35.8 Å². The minimum atomic E-state index is -4.40. The van der Waals surface area contributed by atoms with Crippen LogP contribution in [0.4, 0.5) is 13.2 Å². The maximum absolute atomic E-state index is 12.8. The molecule has 2 rings (SSSR count). The SMILES string of the molecule is NCCCc1ncc2cccc(C(F)(F)F)c2n1. The summed E-state index contributed by atoms with van der Waals surface area (Å²) in [6, 6.07) is 3.95. The van der Waals surface area contributed by atoms with Crippen LogP contribution in [0.3, 0.4) is 0 Å². The Morgan fingerprint density at radius 1 is 1.22 bits per heavy atom. The predicted octanol–water partition coefficient (Wildman–Crippen LogP) is 2.54. The number of para-hydroxylation sites is 1. The van der Waals surface area contributed by atoms with Crippen LogP contribution in [0.2, 0.25) is 0 Å². The van der Waals surface area contributed by atoms with Crippen LogP contribution in [0, 0.1) is 0 Å². The lowest BCUT2D eigenvalue weighted by Gasteiger charge is -2.10. The molecule has 1 aromatic carbocycles. The van der Waals surface area contributed by atoms with Gasteiger partial charge in [-0.25, -0.2) is 9.97 Å². The lowest BCUT2D eigenvalue weighted by molar-refractivity contribution is -0.136. The molecular weight excluding hydrogens is 243 g/mol. The Morgan fingerprint density at radius 2 is 2.00 bits per heavy atom. The van der Waals surface area contributed by atoms with E-state index in [1.807, 2.05) is 0 Å². The Morgan fingerprint density at radius 3 is 2.67 bits per heavy atom. The monoisotopic (exact) mass is 255 g/mol. The summed E-state index contributed by atoms with van der Waals surface area (Å²) in [5, 5.41) is 0.390. The minimum Gasteiger partial charge on any atom is -0.330 e. The van der Waals surface area contributed by atoms with Gasteiger partial charge in [0.2, 0.25) is 0 Å². The first kappa shape index (κ1) is 12.8. The number of rotatable bonds is 3. The van der Waals surface area contributed by atoms with Crippen molar-refractivity contribution in [2.45, 2.75) is 19.0 Å². The molecule has 3 nitrogen and oxygen atoms in total. The maximum atomic E-state index is 12.8. The molecule has 0 aliphatic carbocycles. The van der Waals surface area contributed by atoms with E-state index >= 15 is 0 Å². The number of aryl methyl sites for hydroxylation is 1. The second-order valence-electron chi connectivity index (χ2n) is 3.92. The normalized spacial score (nSPS) is 12.0. The van der Waals surface area contributed by atoms with Crippen molar-refractivity contribution in [1.82, 2.24) is 9.97 Å². The van der Waals surface area contributed by atoms with E-state index in [0.717, 1.165) is 6.07 Å². The van der Waals surface area contributed by atoms with Crippen LogP contribution in [0.15, 0.2) is 24.4 Å². The van der Waals surface area contributed by atoms with Crippen molar-refractivity contribution in [2.75, 3.05) is 6.54 Å². The molecular formula is C12H12F3N3. The number of halogens is 3. The summed E-state index contributed by atoms with van der Waals surface area (Å²) in [7, 11) is 0. The van der Waals surface area contributed by atoms with Gasteiger partial charge in [0.25, 0.3) is 0 Å². The van der Waals surface area contributed by atoms with Gasteiger partial charge in [0.05, 0.1) is 11.1 Å². The highest BCUT2D eigenvalue weighted by atomic mass is 19.4. The Kier molecular flexibility index (Phi) is 3.47. The second kappa shape index (κ2) is 4.89. The molecule has 18 heavy (non-hydrogen) atoms. The predicted molar refractivity (Wildman–Crippen MR) is 61.9 cm³/mol. The van der Waals surface area contributed by atoms with E-state index in [-0.39, 0.29) is 5.52 Å². The molecule has 0 saturated heterocycles. The van der Waals surface area contributed by atoms with Crippen molar-refractivity contribution < 1.29 is 13.2 Å². The molecule has 0 atom stereocenters. The molecule has 96 valence electrons. The number of alkyl halides is 3. The number of fused-ring (bicyclic) bond motifs is 1. The van der Waals surface area contributed by atoms with Gasteiger partial charge in [0.1, 0.15) is 5.82 Å². The van der Waals surface area contributed by atoms with E-state index in [1.165, 1.54) is 12.3 Å². The number of hydrogen-bond donors (Lipinski definition) is 1. The highest BCUT2D eigenvalue weighted by molar-refractivity contribution is 5.81.